The highest BCUT2D eigenvalue weighted by Crippen LogP contribution is 2.36. The molecule has 3 nitrogen and oxygen atoms in total. The maximum Gasteiger partial charge on any atom is 0.223 e. The summed E-state index contributed by atoms with van der Waals surface area (Å²) < 4.78 is 0. The predicted molar refractivity (Wildman–Crippen MR) is 108 cm³/mol. The molecular formula is C23H31NO2. The van der Waals surface area contributed by atoms with E-state index in [2.05, 4.69) is 13.8 Å². The first-order chi connectivity index (χ1) is 12.5. The molecule has 0 aromatic heterocycles. The first-order valence-corrected chi connectivity index (χ1v) is 9.60. The third kappa shape index (κ3) is 4.87. The van der Waals surface area contributed by atoms with Crippen LogP contribution in [0.4, 0.5) is 0 Å². The number of nitrogens with zero attached hydrogens (tertiary/aromatic N) is 1. The Bertz CT molecular complexity index is 718. The number of benzene rings is 2. The van der Waals surface area contributed by atoms with E-state index in [1.165, 1.54) is 0 Å². The molecule has 0 aliphatic carbocycles. The smallest absolute Gasteiger partial charge is 0.223 e. The minimum atomic E-state index is -0.140. The van der Waals surface area contributed by atoms with Crippen molar-refractivity contribution in [3.63, 3.8) is 0 Å². The zero-order valence-electron chi connectivity index (χ0n) is 16.5. The number of hydrogen-bond donors (Lipinski definition) is 1. The van der Waals surface area contributed by atoms with Gasteiger partial charge in [-0.1, -0.05) is 50.2 Å². The van der Waals surface area contributed by atoms with E-state index in [1.807, 2.05) is 55.1 Å². The van der Waals surface area contributed by atoms with Crippen molar-refractivity contribution in [2.45, 2.75) is 52.9 Å². The van der Waals surface area contributed by atoms with Crippen LogP contribution in [0, 0.1) is 13.8 Å². The van der Waals surface area contributed by atoms with Gasteiger partial charge in [-0.05, 0) is 49.4 Å². The highest BCUT2D eigenvalue weighted by atomic mass is 16.3. The maximum atomic E-state index is 13.0. The van der Waals surface area contributed by atoms with Crippen molar-refractivity contribution in [2.24, 2.45) is 0 Å². The molecule has 0 saturated carbocycles. The van der Waals surface area contributed by atoms with Gasteiger partial charge in [-0.15, -0.1) is 0 Å². The van der Waals surface area contributed by atoms with Crippen molar-refractivity contribution in [3.8, 4) is 5.75 Å². The topological polar surface area (TPSA) is 40.5 Å². The number of rotatable bonds is 8. The number of aryl methyl sites for hydroxylation is 2. The van der Waals surface area contributed by atoms with Gasteiger partial charge in [0, 0.05) is 31.0 Å². The zero-order chi connectivity index (χ0) is 19.1. The Morgan fingerprint density at radius 1 is 1.00 bits per heavy atom. The minimum Gasteiger partial charge on any atom is -0.508 e. The van der Waals surface area contributed by atoms with Crippen LogP contribution >= 0.6 is 0 Å². The van der Waals surface area contributed by atoms with Gasteiger partial charge in [0.2, 0.25) is 5.91 Å². The summed E-state index contributed by atoms with van der Waals surface area (Å²) in [6.45, 7) is 9.80. The Labute approximate surface area is 157 Å². The van der Waals surface area contributed by atoms with Gasteiger partial charge < -0.3 is 10.0 Å². The van der Waals surface area contributed by atoms with Crippen LogP contribution in [-0.4, -0.2) is 29.0 Å². The summed E-state index contributed by atoms with van der Waals surface area (Å²) in [6.07, 6.45) is 2.29. The SMILES string of the molecule is CCCN(CCC)C(=O)C[C@H](c1ccccc1)c1cc(C)c(C)cc1O. The van der Waals surface area contributed by atoms with Gasteiger partial charge in [-0.2, -0.15) is 0 Å². The number of hydrogen-bond acceptors (Lipinski definition) is 2. The molecular weight excluding hydrogens is 322 g/mol. The molecule has 0 aliphatic heterocycles. The van der Waals surface area contributed by atoms with E-state index in [9.17, 15) is 9.90 Å². The molecule has 0 aliphatic rings. The van der Waals surface area contributed by atoms with Crippen LogP contribution in [0.25, 0.3) is 0 Å². The molecule has 1 amide bonds. The van der Waals surface area contributed by atoms with Crippen LogP contribution in [-0.2, 0) is 4.79 Å². The molecule has 0 heterocycles. The van der Waals surface area contributed by atoms with Crippen molar-refractivity contribution in [3.05, 3.63) is 64.7 Å². The second-order valence-corrected chi connectivity index (χ2v) is 7.04. The first kappa shape index (κ1) is 20.0. The van der Waals surface area contributed by atoms with E-state index in [4.69, 9.17) is 0 Å². The largest absolute Gasteiger partial charge is 0.508 e. The van der Waals surface area contributed by atoms with Crippen LogP contribution in [0.2, 0.25) is 0 Å². The molecule has 1 N–H and O–H groups in total. The van der Waals surface area contributed by atoms with Crippen molar-refractivity contribution < 1.29 is 9.90 Å². The van der Waals surface area contributed by atoms with Gasteiger partial charge in [0.25, 0.3) is 0 Å². The Hall–Kier alpha value is -2.29. The molecule has 3 heteroatoms. The summed E-state index contributed by atoms with van der Waals surface area (Å²) >= 11 is 0. The number of phenols is 1. The maximum absolute atomic E-state index is 13.0. The highest BCUT2D eigenvalue weighted by molar-refractivity contribution is 5.78. The third-order valence-corrected chi connectivity index (χ3v) is 4.94. The molecule has 2 aromatic carbocycles. The van der Waals surface area contributed by atoms with Crippen LogP contribution in [0.1, 0.15) is 61.3 Å². The van der Waals surface area contributed by atoms with Gasteiger partial charge >= 0.3 is 0 Å². The lowest BCUT2D eigenvalue weighted by molar-refractivity contribution is -0.131. The lowest BCUT2D eigenvalue weighted by Crippen LogP contribution is -2.33. The van der Waals surface area contributed by atoms with E-state index < -0.39 is 0 Å². The molecule has 0 unspecified atom stereocenters. The number of carbonyl (C=O) groups excluding carboxylic acids is 1. The molecule has 26 heavy (non-hydrogen) atoms. The second kappa shape index (κ2) is 9.42. The number of aromatic hydroxyl groups is 1. The number of phenolic OH excluding ortho intramolecular Hbond substituents is 1. The lowest BCUT2D eigenvalue weighted by Gasteiger charge is -2.26. The van der Waals surface area contributed by atoms with Crippen molar-refractivity contribution in [2.75, 3.05) is 13.1 Å². The Balaban J connectivity index is 2.40. The minimum absolute atomic E-state index is 0.140. The molecule has 0 spiro atoms. The molecule has 1 atom stereocenters. The summed E-state index contributed by atoms with van der Waals surface area (Å²) in [5.74, 6) is 0.284. The van der Waals surface area contributed by atoms with Crippen molar-refractivity contribution in [1.29, 1.82) is 0 Å². The number of amides is 1. The molecule has 0 bridgehead atoms. The average molecular weight is 354 g/mol. The first-order valence-electron chi connectivity index (χ1n) is 9.60. The molecule has 0 saturated heterocycles. The van der Waals surface area contributed by atoms with Crippen molar-refractivity contribution >= 4 is 5.91 Å². The van der Waals surface area contributed by atoms with Crippen molar-refractivity contribution in [1.82, 2.24) is 4.90 Å². The predicted octanol–water partition coefficient (Wildman–Crippen LogP) is 5.18. The summed E-state index contributed by atoms with van der Waals surface area (Å²) in [4.78, 5) is 14.9. The Kier molecular flexibility index (Phi) is 7.26. The summed E-state index contributed by atoms with van der Waals surface area (Å²) in [6, 6.07) is 13.9. The van der Waals surface area contributed by atoms with E-state index in [0.29, 0.717) is 6.42 Å². The van der Waals surface area contributed by atoms with E-state index in [0.717, 1.165) is 48.2 Å². The molecule has 2 rings (SSSR count). The van der Waals surface area contributed by atoms with Crippen LogP contribution in [0.15, 0.2) is 42.5 Å². The standard InChI is InChI=1S/C23H31NO2/c1-5-12-24(13-6-2)23(26)16-20(19-10-8-7-9-11-19)21-14-17(3)18(4)15-22(21)25/h7-11,14-15,20,25H,5-6,12-13,16H2,1-4H3/t20-/m1/s1. The highest BCUT2D eigenvalue weighted by Gasteiger charge is 2.24. The molecule has 0 radical (unpaired) electrons. The van der Waals surface area contributed by atoms with Gasteiger partial charge in [0.1, 0.15) is 5.75 Å². The monoisotopic (exact) mass is 353 g/mol. The van der Waals surface area contributed by atoms with Gasteiger partial charge in [-0.3, -0.25) is 4.79 Å². The normalized spacial score (nSPS) is 12.0. The summed E-state index contributed by atoms with van der Waals surface area (Å²) in [7, 11) is 0. The molecule has 0 fully saturated rings. The van der Waals surface area contributed by atoms with E-state index in [-0.39, 0.29) is 17.6 Å². The van der Waals surface area contributed by atoms with E-state index in [1.54, 1.807) is 6.07 Å². The van der Waals surface area contributed by atoms with Gasteiger partial charge in [-0.25, -0.2) is 0 Å². The zero-order valence-corrected chi connectivity index (χ0v) is 16.5. The van der Waals surface area contributed by atoms with Crippen LogP contribution in [0.3, 0.4) is 0 Å². The fourth-order valence-corrected chi connectivity index (χ4v) is 3.40. The summed E-state index contributed by atoms with van der Waals surface area (Å²) in [5, 5.41) is 10.6. The van der Waals surface area contributed by atoms with Crippen LogP contribution < -0.4 is 0 Å². The summed E-state index contributed by atoms with van der Waals surface area (Å²) in [5.41, 5.74) is 4.08. The fraction of sp³-hybridized carbons (Fsp3) is 0.435. The Morgan fingerprint density at radius 2 is 1.58 bits per heavy atom. The van der Waals surface area contributed by atoms with Crippen LogP contribution in [0.5, 0.6) is 5.75 Å². The third-order valence-electron chi connectivity index (χ3n) is 4.94. The lowest BCUT2D eigenvalue weighted by atomic mass is 9.86. The number of carbonyl (C=O) groups is 1. The average Bonchev–Trinajstić information content (AvgIpc) is 2.63. The Morgan fingerprint density at radius 3 is 2.15 bits per heavy atom. The van der Waals surface area contributed by atoms with Gasteiger partial charge in [0.15, 0.2) is 0 Å². The molecule has 2 aromatic rings. The second-order valence-electron chi connectivity index (χ2n) is 7.04. The van der Waals surface area contributed by atoms with Gasteiger partial charge in [0.05, 0.1) is 0 Å². The quantitative estimate of drug-likeness (QED) is 0.710. The molecule has 140 valence electrons. The van der Waals surface area contributed by atoms with E-state index >= 15 is 0 Å². The fourth-order valence-electron chi connectivity index (χ4n) is 3.40.